The van der Waals surface area contributed by atoms with E-state index in [1.165, 1.54) is 13.2 Å². The van der Waals surface area contributed by atoms with Gasteiger partial charge in [-0.1, -0.05) is 27.7 Å². The van der Waals surface area contributed by atoms with Gasteiger partial charge in [0.1, 0.15) is 5.60 Å². The van der Waals surface area contributed by atoms with Crippen molar-refractivity contribution >= 4 is 35.6 Å². The molecule has 1 spiro atoms. The van der Waals surface area contributed by atoms with E-state index in [9.17, 15) is 29.1 Å². The predicted molar refractivity (Wildman–Crippen MR) is 176 cm³/mol. The molecule has 4 aliphatic carbocycles. The molecule has 3 heterocycles. The van der Waals surface area contributed by atoms with Crippen molar-refractivity contribution in [1.29, 1.82) is 0 Å². The van der Waals surface area contributed by atoms with Crippen LogP contribution in [-0.4, -0.2) is 95.9 Å². The van der Waals surface area contributed by atoms with Gasteiger partial charge in [-0.3, -0.25) is 28.8 Å². The molecule has 15 nitrogen and oxygen atoms in total. The first-order valence-electron chi connectivity index (χ1n) is 18.2. The van der Waals surface area contributed by atoms with Crippen molar-refractivity contribution in [3.05, 3.63) is 24.2 Å². The Hall–Kier alpha value is -3.82. The second-order valence-corrected chi connectivity index (χ2v) is 16.7. The lowest BCUT2D eigenvalue weighted by molar-refractivity contribution is -0.391. The minimum absolute atomic E-state index is 0.0826. The number of ketones is 1. The molecule has 4 saturated carbocycles. The number of fused-ring (bicyclic) bond motifs is 1. The highest BCUT2D eigenvalue weighted by Crippen LogP contribution is 2.83. The molecular formula is C38H48O15. The maximum absolute atomic E-state index is 15.8. The van der Waals surface area contributed by atoms with Crippen LogP contribution in [0, 0.1) is 39.4 Å². The standard InChI is InChI=1S/C38H48O15/c1-16(2)32(45)52-33-34(7)23-13-24(43)36(9)28(37(23,15-47-33)31(51-20(6)42)27(48-17(3)39)30(34)50-19(5)41)26(44)29(49-18(4)40)35(8)22(21-10-11-46-14-21)12-25-38(35,36)53-25/h10-11,14,16,22-25,27-31,33,43H,12-13,15H2,1-9H3. The molecule has 6 fully saturated rings. The molecule has 53 heavy (non-hydrogen) atoms. The first-order valence-corrected chi connectivity index (χ1v) is 18.2. The molecule has 15 unspecified atom stereocenters. The largest absolute Gasteiger partial charge is 0.472 e. The van der Waals surface area contributed by atoms with Crippen molar-refractivity contribution in [2.45, 2.75) is 130 Å². The van der Waals surface area contributed by atoms with Crippen LogP contribution in [0.5, 0.6) is 0 Å². The monoisotopic (exact) mass is 744 g/mol. The van der Waals surface area contributed by atoms with E-state index in [0.717, 1.165) is 26.3 Å². The summed E-state index contributed by atoms with van der Waals surface area (Å²) in [6, 6.07) is 1.79. The smallest absolute Gasteiger partial charge is 0.310 e. The molecule has 6 aliphatic rings. The van der Waals surface area contributed by atoms with Crippen molar-refractivity contribution in [3.8, 4) is 0 Å². The van der Waals surface area contributed by atoms with Gasteiger partial charge in [0.2, 0.25) is 6.29 Å². The Kier molecular flexibility index (Phi) is 8.55. The van der Waals surface area contributed by atoms with E-state index in [1.807, 2.05) is 6.92 Å². The minimum Gasteiger partial charge on any atom is -0.472 e. The zero-order valence-electron chi connectivity index (χ0n) is 31.4. The van der Waals surface area contributed by atoms with Crippen LogP contribution >= 0.6 is 0 Å². The molecule has 2 saturated heterocycles. The normalized spacial score (nSPS) is 46.1. The summed E-state index contributed by atoms with van der Waals surface area (Å²) in [5, 5.41) is 12.7. The van der Waals surface area contributed by atoms with Crippen LogP contribution in [0.25, 0.3) is 0 Å². The Balaban J connectivity index is 1.51. The molecule has 0 radical (unpaired) electrons. The second kappa shape index (κ2) is 12.1. The molecule has 15 heteroatoms. The molecular weight excluding hydrogens is 696 g/mol. The number of hydrogen-bond donors (Lipinski definition) is 1. The summed E-state index contributed by atoms with van der Waals surface area (Å²) in [7, 11) is 0. The Morgan fingerprint density at radius 1 is 0.849 bits per heavy atom. The van der Waals surface area contributed by atoms with Gasteiger partial charge in [0, 0.05) is 50.4 Å². The summed E-state index contributed by atoms with van der Waals surface area (Å²) >= 11 is 0. The summed E-state index contributed by atoms with van der Waals surface area (Å²) in [5.41, 5.74) is -6.41. The predicted octanol–water partition coefficient (Wildman–Crippen LogP) is 2.79. The van der Waals surface area contributed by atoms with Gasteiger partial charge >= 0.3 is 29.8 Å². The van der Waals surface area contributed by atoms with Crippen molar-refractivity contribution in [1.82, 2.24) is 0 Å². The Bertz CT molecular complexity index is 1740. The number of carbonyl (C=O) groups excluding carboxylic acids is 6. The molecule has 7 rings (SSSR count). The molecule has 1 aromatic heterocycles. The summed E-state index contributed by atoms with van der Waals surface area (Å²) in [4.78, 5) is 80.8. The SMILES string of the molecule is CC(=O)OC1C(OC(C)=O)C2(C)C(OC(=O)C(C)C)OCC3(C1OC(C)=O)C2CC(O)C1(C)C3C(=O)C(OC(C)=O)C2(C)C(c3ccoc3)CC3OC321. The Morgan fingerprint density at radius 2 is 1.47 bits per heavy atom. The third-order valence-corrected chi connectivity index (χ3v) is 13.8. The van der Waals surface area contributed by atoms with E-state index in [0.29, 0.717) is 6.42 Å². The highest BCUT2D eigenvalue weighted by Gasteiger charge is 2.93. The summed E-state index contributed by atoms with van der Waals surface area (Å²) in [6.45, 7) is 12.8. The maximum atomic E-state index is 15.8. The van der Waals surface area contributed by atoms with Crippen LogP contribution in [0.15, 0.2) is 23.0 Å². The van der Waals surface area contributed by atoms with E-state index >= 15 is 4.79 Å². The van der Waals surface area contributed by atoms with Crippen LogP contribution in [0.1, 0.15) is 86.6 Å². The summed E-state index contributed by atoms with van der Waals surface area (Å²) in [5.74, 6) is -7.59. The molecule has 0 amide bonds. The van der Waals surface area contributed by atoms with Crippen molar-refractivity contribution in [3.63, 3.8) is 0 Å². The summed E-state index contributed by atoms with van der Waals surface area (Å²) in [6.07, 6.45) is -5.68. The van der Waals surface area contributed by atoms with E-state index in [2.05, 4.69) is 0 Å². The van der Waals surface area contributed by atoms with Crippen molar-refractivity contribution in [2.75, 3.05) is 6.61 Å². The van der Waals surface area contributed by atoms with E-state index < -0.39 is 124 Å². The molecule has 290 valence electrons. The van der Waals surface area contributed by atoms with Gasteiger partial charge < -0.3 is 42.7 Å². The number of rotatable bonds is 7. The van der Waals surface area contributed by atoms with E-state index in [4.69, 9.17) is 37.6 Å². The fourth-order valence-corrected chi connectivity index (χ4v) is 12.1. The van der Waals surface area contributed by atoms with E-state index in [-0.39, 0.29) is 18.9 Å². The van der Waals surface area contributed by atoms with Crippen LogP contribution in [0.3, 0.4) is 0 Å². The lowest BCUT2D eigenvalue weighted by atomic mass is 9.33. The first-order chi connectivity index (χ1) is 24.7. The number of aliphatic hydroxyl groups is 1. The number of furan rings is 1. The first kappa shape index (κ1) is 37.5. The molecule has 2 bridgehead atoms. The molecule has 15 atom stereocenters. The van der Waals surface area contributed by atoms with Gasteiger partial charge in [-0.05, 0) is 37.3 Å². The number of aliphatic hydroxyl groups excluding tert-OH is 1. The number of carbonyl (C=O) groups is 6. The number of ether oxygens (including phenoxy) is 7. The zero-order valence-corrected chi connectivity index (χ0v) is 31.4. The minimum atomic E-state index is -1.65. The Labute approximate surface area is 306 Å². The van der Waals surface area contributed by atoms with Crippen LogP contribution < -0.4 is 0 Å². The van der Waals surface area contributed by atoms with Crippen LogP contribution in [-0.2, 0) is 61.9 Å². The average Bonchev–Trinajstić information content (AvgIpc) is 3.41. The highest BCUT2D eigenvalue weighted by molar-refractivity contribution is 5.93. The van der Waals surface area contributed by atoms with E-state index in [1.54, 1.807) is 40.0 Å². The van der Waals surface area contributed by atoms with Crippen LogP contribution in [0.4, 0.5) is 0 Å². The number of epoxide rings is 1. The lowest BCUT2D eigenvalue weighted by Crippen LogP contribution is -2.85. The summed E-state index contributed by atoms with van der Waals surface area (Å²) < 4.78 is 48.7. The van der Waals surface area contributed by atoms with Gasteiger partial charge in [0.05, 0.1) is 48.1 Å². The lowest BCUT2D eigenvalue weighted by Gasteiger charge is -2.73. The van der Waals surface area contributed by atoms with Crippen molar-refractivity contribution in [2.24, 2.45) is 39.4 Å². The van der Waals surface area contributed by atoms with Gasteiger partial charge in [0.25, 0.3) is 0 Å². The number of hydrogen-bond acceptors (Lipinski definition) is 15. The topological polar surface area (TPSA) is 204 Å². The zero-order chi connectivity index (χ0) is 38.8. The van der Waals surface area contributed by atoms with Crippen LogP contribution in [0.2, 0.25) is 0 Å². The number of esters is 5. The molecule has 2 aliphatic heterocycles. The average molecular weight is 745 g/mol. The molecule has 0 aromatic carbocycles. The Morgan fingerprint density at radius 3 is 2.04 bits per heavy atom. The van der Waals surface area contributed by atoms with Gasteiger partial charge in [-0.25, -0.2) is 0 Å². The fourth-order valence-electron chi connectivity index (χ4n) is 12.1. The quantitative estimate of drug-likeness (QED) is 0.242. The van der Waals surface area contributed by atoms with Gasteiger partial charge in [0.15, 0.2) is 30.2 Å². The molecule has 1 aromatic rings. The third-order valence-electron chi connectivity index (χ3n) is 13.8. The highest BCUT2D eigenvalue weighted by atomic mass is 16.7. The number of Topliss-reactive ketones (excluding diaryl/α,β-unsaturated/α-hetero) is 1. The van der Waals surface area contributed by atoms with Crippen molar-refractivity contribution < 1.29 is 71.4 Å². The second-order valence-electron chi connectivity index (χ2n) is 16.7. The molecule has 1 N–H and O–H groups in total. The van der Waals surface area contributed by atoms with Gasteiger partial charge in [-0.2, -0.15) is 0 Å². The fraction of sp³-hybridized carbons (Fsp3) is 0.737. The third kappa shape index (κ3) is 4.68. The maximum Gasteiger partial charge on any atom is 0.310 e. The van der Waals surface area contributed by atoms with Gasteiger partial charge in [-0.15, -0.1) is 0 Å².